The van der Waals surface area contributed by atoms with Crippen LogP contribution in [-0.4, -0.2) is 16.1 Å². The van der Waals surface area contributed by atoms with Gasteiger partial charge in [-0.2, -0.15) is 5.26 Å². The number of pyridine rings is 1. The van der Waals surface area contributed by atoms with Crippen molar-refractivity contribution in [1.29, 1.82) is 5.26 Å². The number of hydrogen-bond donors (Lipinski definition) is 1. The highest BCUT2D eigenvalue weighted by atomic mass is 32.2. The number of para-hydroxylation sites is 1. The van der Waals surface area contributed by atoms with Crippen LogP contribution in [0.2, 0.25) is 0 Å². The van der Waals surface area contributed by atoms with Crippen LogP contribution in [0, 0.1) is 32.1 Å². The lowest BCUT2D eigenvalue weighted by Crippen LogP contribution is -2.23. The van der Waals surface area contributed by atoms with Crippen molar-refractivity contribution in [2.45, 2.75) is 64.2 Å². The average Bonchev–Trinajstić information content (AvgIpc) is 2.66. The van der Waals surface area contributed by atoms with Crippen LogP contribution >= 0.6 is 11.8 Å². The monoisotopic (exact) mass is 381 g/mol. The van der Waals surface area contributed by atoms with Crippen LogP contribution in [0.1, 0.15) is 61.1 Å². The van der Waals surface area contributed by atoms with Crippen LogP contribution in [0.3, 0.4) is 0 Å². The van der Waals surface area contributed by atoms with Crippen LogP contribution in [0.5, 0.6) is 0 Å². The summed E-state index contributed by atoms with van der Waals surface area (Å²) < 4.78 is 0. The molecule has 2 rings (SSSR count). The van der Waals surface area contributed by atoms with E-state index in [0.29, 0.717) is 16.5 Å². The summed E-state index contributed by atoms with van der Waals surface area (Å²) >= 11 is 1.33. The minimum Gasteiger partial charge on any atom is -0.325 e. The van der Waals surface area contributed by atoms with Crippen LogP contribution in [-0.2, 0) is 4.79 Å². The number of aryl methyl sites for hydroxylation is 1. The molecular formula is C22H27N3OS. The second-order valence-electron chi connectivity index (χ2n) is 6.89. The number of carbonyl (C=O) groups excluding carboxylic acids is 1. The highest BCUT2D eigenvalue weighted by Gasteiger charge is 2.21. The van der Waals surface area contributed by atoms with E-state index in [-0.39, 0.29) is 11.2 Å². The first-order valence-electron chi connectivity index (χ1n) is 9.24. The first kappa shape index (κ1) is 21.0. The van der Waals surface area contributed by atoms with Crippen molar-refractivity contribution in [2.24, 2.45) is 0 Å². The molecule has 0 radical (unpaired) electrons. The standard InChI is InChI=1S/C22H27N3OS/c1-7-13(2)18-10-8-9-11-20(18)25-21(26)17(6)27-22-19(12-23)15(4)14(3)16(5)24-22/h8-11,13,17H,7H2,1-6H3,(H,25,26)/t13-,17-/m1/s1. The number of nitriles is 1. The SMILES string of the molecule is CC[C@@H](C)c1ccccc1NC(=O)[C@@H](C)Sc1nc(C)c(C)c(C)c1C#N. The van der Waals surface area contributed by atoms with Crippen LogP contribution < -0.4 is 5.32 Å². The fourth-order valence-corrected chi connectivity index (χ4v) is 3.85. The minimum atomic E-state index is -0.365. The average molecular weight is 382 g/mol. The number of hydrogen-bond acceptors (Lipinski definition) is 4. The maximum atomic E-state index is 12.8. The minimum absolute atomic E-state index is 0.0858. The number of thioether (sulfide) groups is 1. The molecule has 1 aromatic carbocycles. The van der Waals surface area contributed by atoms with E-state index in [1.807, 2.05) is 45.9 Å². The molecule has 0 spiro atoms. The van der Waals surface area contributed by atoms with Gasteiger partial charge in [0.25, 0.3) is 0 Å². The van der Waals surface area contributed by atoms with Crippen molar-refractivity contribution in [2.75, 3.05) is 5.32 Å². The molecule has 1 amide bonds. The van der Waals surface area contributed by atoms with Gasteiger partial charge in [0.05, 0.1) is 10.8 Å². The van der Waals surface area contributed by atoms with Gasteiger partial charge < -0.3 is 5.32 Å². The van der Waals surface area contributed by atoms with Gasteiger partial charge >= 0.3 is 0 Å². The van der Waals surface area contributed by atoms with E-state index in [2.05, 4.69) is 36.3 Å². The maximum absolute atomic E-state index is 12.8. The van der Waals surface area contributed by atoms with Gasteiger partial charge in [0, 0.05) is 11.4 Å². The molecule has 0 aliphatic rings. The number of nitrogens with one attached hydrogen (secondary N) is 1. The van der Waals surface area contributed by atoms with Crippen molar-refractivity contribution in [3.63, 3.8) is 0 Å². The molecule has 0 saturated carbocycles. The number of benzene rings is 1. The molecule has 142 valence electrons. The lowest BCUT2D eigenvalue weighted by Gasteiger charge is -2.18. The van der Waals surface area contributed by atoms with Crippen molar-refractivity contribution in [3.8, 4) is 6.07 Å². The van der Waals surface area contributed by atoms with E-state index in [1.165, 1.54) is 11.8 Å². The molecule has 5 heteroatoms. The topological polar surface area (TPSA) is 65.8 Å². The summed E-state index contributed by atoms with van der Waals surface area (Å²) in [6, 6.07) is 10.2. The fraction of sp³-hybridized carbons (Fsp3) is 0.409. The lowest BCUT2D eigenvalue weighted by molar-refractivity contribution is -0.115. The van der Waals surface area contributed by atoms with Crippen molar-refractivity contribution in [3.05, 3.63) is 52.2 Å². The van der Waals surface area contributed by atoms with Gasteiger partial charge in [-0.1, -0.05) is 43.8 Å². The summed E-state index contributed by atoms with van der Waals surface area (Å²) in [7, 11) is 0. The predicted octanol–water partition coefficient (Wildman–Crippen LogP) is 5.51. The third kappa shape index (κ3) is 4.70. The second-order valence-corrected chi connectivity index (χ2v) is 8.21. The Balaban J connectivity index is 2.22. The van der Waals surface area contributed by atoms with E-state index in [4.69, 9.17) is 0 Å². The maximum Gasteiger partial charge on any atom is 0.237 e. The molecule has 2 aromatic rings. The Hall–Kier alpha value is -2.32. The number of nitrogens with zero attached hydrogens (tertiary/aromatic N) is 2. The quantitative estimate of drug-likeness (QED) is 0.670. The Labute approximate surface area is 166 Å². The number of aromatic nitrogens is 1. The molecule has 1 N–H and O–H groups in total. The molecule has 2 atom stereocenters. The molecule has 0 fully saturated rings. The molecule has 0 aliphatic carbocycles. The van der Waals surface area contributed by atoms with E-state index < -0.39 is 0 Å². The highest BCUT2D eigenvalue weighted by Crippen LogP contribution is 2.31. The Bertz CT molecular complexity index is 886. The number of carbonyl (C=O) groups is 1. The van der Waals surface area contributed by atoms with Crippen molar-refractivity contribution >= 4 is 23.4 Å². The van der Waals surface area contributed by atoms with Gasteiger partial charge in [0.1, 0.15) is 11.1 Å². The third-order valence-electron chi connectivity index (χ3n) is 5.09. The number of rotatable bonds is 6. The molecular weight excluding hydrogens is 354 g/mol. The molecule has 1 aromatic heterocycles. The highest BCUT2D eigenvalue weighted by molar-refractivity contribution is 8.00. The Morgan fingerprint density at radius 1 is 1.22 bits per heavy atom. The summed E-state index contributed by atoms with van der Waals surface area (Å²) in [5, 5.41) is 12.8. The van der Waals surface area contributed by atoms with E-state index >= 15 is 0 Å². The Morgan fingerprint density at radius 3 is 2.52 bits per heavy atom. The molecule has 27 heavy (non-hydrogen) atoms. The molecule has 0 unspecified atom stereocenters. The fourth-order valence-electron chi connectivity index (χ4n) is 2.84. The predicted molar refractivity (Wildman–Crippen MR) is 112 cm³/mol. The van der Waals surface area contributed by atoms with Gasteiger partial charge in [-0.05, 0) is 62.8 Å². The van der Waals surface area contributed by atoms with Gasteiger partial charge in [0.2, 0.25) is 5.91 Å². The van der Waals surface area contributed by atoms with Gasteiger partial charge in [-0.3, -0.25) is 4.79 Å². The zero-order valence-electron chi connectivity index (χ0n) is 16.9. The number of amides is 1. The van der Waals surface area contributed by atoms with Crippen LogP contribution in [0.4, 0.5) is 5.69 Å². The Morgan fingerprint density at radius 2 is 1.89 bits per heavy atom. The largest absolute Gasteiger partial charge is 0.325 e. The lowest BCUT2D eigenvalue weighted by atomic mass is 9.97. The van der Waals surface area contributed by atoms with Gasteiger partial charge in [-0.15, -0.1) is 0 Å². The zero-order valence-corrected chi connectivity index (χ0v) is 17.7. The van der Waals surface area contributed by atoms with E-state index in [9.17, 15) is 10.1 Å². The molecule has 4 nitrogen and oxygen atoms in total. The van der Waals surface area contributed by atoms with Gasteiger partial charge in [0.15, 0.2) is 0 Å². The smallest absolute Gasteiger partial charge is 0.237 e. The van der Waals surface area contributed by atoms with E-state index in [1.54, 1.807) is 0 Å². The summed E-state index contributed by atoms with van der Waals surface area (Å²) in [6.45, 7) is 12.0. The third-order valence-corrected chi connectivity index (χ3v) is 6.18. The van der Waals surface area contributed by atoms with Crippen LogP contribution in [0.15, 0.2) is 29.3 Å². The molecule has 0 bridgehead atoms. The molecule has 0 aliphatic heterocycles. The van der Waals surface area contributed by atoms with Crippen molar-refractivity contribution < 1.29 is 4.79 Å². The molecule has 0 saturated heterocycles. The Kier molecular flexibility index (Phi) is 7.04. The summed E-state index contributed by atoms with van der Waals surface area (Å²) in [4.78, 5) is 17.3. The van der Waals surface area contributed by atoms with Crippen LogP contribution in [0.25, 0.3) is 0 Å². The first-order valence-corrected chi connectivity index (χ1v) is 10.1. The summed E-state index contributed by atoms with van der Waals surface area (Å²) in [5.41, 5.74) is 5.40. The van der Waals surface area contributed by atoms with Gasteiger partial charge in [-0.25, -0.2) is 4.98 Å². The second kappa shape index (κ2) is 9.05. The first-order chi connectivity index (χ1) is 12.8. The number of anilines is 1. The molecule has 1 heterocycles. The van der Waals surface area contributed by atoms with E-state index in [0.717, 1.165) is 34.5 Å². The zero-order chi connectivity index (χ0) is 20.1. The van der Waals surface area contributed by atoms with Crippen molar-refractivity contribution in [1.82, 2.24) is 4.98 Å². The summed E-state index contributed by atoms with van der Waals surface area (Å²) in [6.07, 6.45) is 1.01. The normalized spacial score (nSPS) is 12.9. The summed E-state index contributed by atoms with van der Waals surface area (Å²) in [5.74, 6) is 0.288.